The van der Waals surface area contributed by atoms with Crippen LogP contribution in [0, 0.1) is 17.5 Å². The number of ether oxygens (including phenoxy) is 1. The summed E-state index contributed by atoms with van der Waals surface area (Å²) in [6, 6.07) is 5.98. The molecule has 3 N–H and O–H groups in total. The van der Waals surface area contributed by atoms with Crippen LogP contribution in [0.5, 0.6) is 5.75 Å². The first kappa shape index (κ1) is 15.0. The third-order valence-electron chi connectivity index (χ3n) is 2.59. The number of halogens is 3. The molecule has 0 aliphatic rings. The van der Waals surface area contributed by atoms with Gasteiger partial charge in [-0.05, 0) is 19.9 Å². The van der Waals surface area contributed by atoms with Crippen molar-refractivity contribution in [1.29, 1.82) is 0 Å². The van der Waals surface area contributed by atoms with Gasteiger partial charge in [0, 0.05) is 35.6 Å². The summed E-state index contributed by atoms with van der Waals surface area (Å²) in [5.74, 6) is -2.78. The average Bonchev–Trinajstić information content (AvgIpc) is 2.34. The summed E-state index contributed by atoms with van der Waals surface area (Å²) in [5, 5.41) is 2.65. The average molecular weight is 296 g/mol. The van der Waals surface area contributed by atoms with Crippen LogP contribution in [-0.2, 0) is 0 Å². The van der Waals surface area contributed by atoms with Gasteiger partial charge in [-0.1, -0.05) is 0 Å². The van der Waals surface area contributed by atoms with Gasteiger partial charge in [0.05, 0.1) is 11.8 Å². The standard InChI is InChI=1S/C15H15F3N2O/c1-8(2)21-11-4-9(19)3-10(5-11)20-15-7-13(17)12(16)6-14(15)18/h3-8,20H,19H2,1-2H3. The summed E-state index contributed by atoms with van der Waals surface area (Å²) in [5.41, 5.74) is 6.36. The Bertz CT molecular complexity index is 660. The highest BCUT2D eigenvalue weighted by Crippen LogP contribution is 2.28. The molecule has 2 rings (SSSR count). The van der Waals surface area contributed by atoms with Gasteiger partial charge in [0.2, 0.25) is 0 Å². The Kier molecular flexibility index (Phi) is 4.26. The second kappa shape index (κ2) is 5.95. The Hall–Kier alpha value is -2.37. The first-order valence-electron chi connectivity index (χ1n) is 6.34. The molecule has 0 heterocycles. The summed E-state index contributed by atoms with van der Waals surface area (Å²) in [6.45, 7) is 3.70. The fraction of sp³-hybridized carbons (Fsp3) is 0.200. The van der Waals surface area contributed by atoms with Gasteiger partial charge in [0.15, 0.2) is 11.6 Å². The van der Waals surface area contributed by atoms with Gasteiger partial charge in [0.1, 0.15) is 11.6 Å². The summed E-state index contributed by atoms with van der Waals surface area (Å²) in [6.07, 6.45) is -0.0559. The lowest BCUT2D eigenvalue weighted by atomic mass is 10.2. The number of hydrogen-bond acceptors (Lipinski definition) is 3. The third-order valence-corrected chi connectivity index (χ3v) is 2.59. The first-order chi connectivity index (χ1) is 9.85. The van der Waals surface area contributed by atoms with Crippen molar-refractivity contribution in [1.82, 2.24) is 0 Å². The van der Waals surface area contributed by atoms with Gasteiger partial charge in [-0.15, -0.1) is 0 Å². The van der Waals surface area contributed by atoms with Crippen LogP contribution >= 0.6 is 0 Å². The Morgan fingerprint density at radius 3 is 2.29 bits per heavy atom. The fourth-order valence-electron chi connectivity index (χ4n) is 1.81. The molecule has 0 fully saturated rings. The van der Waals surface area contributed by atoms with E-state index in [1.165, 1.54) is 6.07 Å². The molecular formula is C15H15F3N2O. The van der Waals surface area contributed by atoms with Crippen molar-refractivity contribution in [2.45, 2.75) is 20.0 Å². The van der Waals surface area contributed by atoms with Gasteiger partial charge in [-0.3, -0.25) is 0 Å². The normalized spacial score (nSPS) is 10.8. The Balaban J connectivity index is 2.31. The molecular weight excluding hydrogens is 281 g/mol. The predicted molar refractivity (Wildman–Crippen MR) is 76.2 cm³/mol. The van der Waals surface area contributed by atoms with Crippen LogP contribution in [0.15, 0.2) is 30.3 Å². The van der Waals surface area contributed by atoms with Crippen molar-refractivity contribution in [3.63, 3.8) is 0 Å². The Morgan fingerprint density at radius 1 is 0.952 bits per heavy atom. The highest BCUT2D eigenvalue weighted by atomic mass is 19.2. The van der Waals surface area contributed by atoms with Crippen LogP contribution in [0.2, 0.25) is 0 Å². The molecule has 0 aliphatic heterocycles. The zero-order valence-electron chi connectivity index (χ0n) is 11.6. The van der Waals surface area contributed by atoms with Crippen LogP contribution < -0.4 is 15.8 Å². The van der Waals surface area contributed by atoms with E-state index in [-0.39, 0.29) is 11.8 Å². The monoisotopic (exact) mass is 296 g/mol. The molecule has 0 radical (unpaired) electrons. The van der Waals surface area contributed by atoms with Crippen molar-refractivity contribution in [2.75, 3.05) is 11.1 Å². The van der Waals surface area contributed by atoms with E-state index in [1.807, 2.05) is 13.8 Å². The van der Waals surface area contributed by atoms with Gasteiger partial charge >= 0.3 is 0 Å². The van der Waals surface area contributed by atoms with Gasteiger partial charge < -0.3 is 15.8 Å². The molecule has 0 saturated carbocycles. The van der Waals surface area contributed by atoms with Crippen LogP contribution in [0.1, 0.15) is 13.8 Å². The van der Waals surface area contributed by atoms with Crippen molar-refractivity contribution >= 4 is 17.1 Å². The van der Waals surface area contributed by atoms with E-state index in [2.05, 4.69) is 5.32 Å². The van der Waals surface area contributed by atoms with Crippen molar-refractivity contribution in [3.05, 3.63) is 47.8 Å². The molecule has 6 heteroatoms. The predicted octanol–water partition coefficient (Wildman–Crippen LogP) is 4.22. The number of nitrogens with two attached hydrogens (primary N) is 1. The minimum absolute atomic E-state index is 0.0559. The van der Waals surface area contributed by atoms with E-state index in [9.17, 15) is 13.2 Å². The van der Waals surface area contributed by atoms with E-state index >= 15 is 0 Å². The highest BCUT2D eigenvalue weighted by molar-refractivity contribution is 5.66. The van der Waals surface area contributed by atoms with E-state index in [0.717, 1.165) is 6.07 Å². The molecule has 0 aromatic heterocycles. The van der Waals surface area contributed by atoms with Crippen molar-refractivity contribution < 1.29 is 17.9 Å². The van der Waals surface area contributed by atoms with E-state index in [1.54, 1.807) is 12.1 Å². The number of benzene rings is 2. The van der Waals surface area contributed by atoms with E-state index in [0.29, 0.717) is 23.2 Å². The summed E-state index contributed by atoms with van der Waals surface area (Å²) >= 11 is 0. The van der Waals surface area contributed by atoms with E-state index in [4.69, 9.17) is 10.5 Å². The Morgan fingerprint density at radius 2 is 1.62 bits per heavy atom. The van der Waals surface area contributed by atoms with Gasteiger partial charge in [-0.2, -0.15) is 0 Å². The quantitative estimate of drug-likeness (QED) is 0.656. The maximum atomic E-state index is 13.6. The van der Waals surface area contributed by atoms with Crippen LogP contribution in [0.25, 0.3) is 0 Å². The second-order valence-corrected chi connectivity index (χ2v) is 4.83. The molecule has 0 aliphatic carbocycles. The molecule has 21 heavy (non-hydrogen) atoms. The van der Waals surface area contributed by atoms with Crippen LogP contribution in [0.4, 0.5) is 30.2 Å². The minimum atomic E-state index is -1.24. The smallest absolute Gasteiger partial charge is 0.161 e. The number of nitrogens with one attached hydrogen (secondary N) is 1. The molecule has 0 saturated heterocycles. The first-order valence-corrected chi connectivity index (χ1v) is 6.34. The molecule has 0 bridgehead atoms. The fourth-order valence-corrected chi connectivity index (χ4v) is 1.81. The van der Waals surface area contributed by atoms with Gasteiger partial charge in [0.25, 0.3) is 0 Å². The maximum Gasteiger partial charge on any atom is 0.161 e. The zero-order valence-corrected chi connectivity index (χ0v) is 11.6. The van der Waals surface area contributed by atoms with E-state index < -0.39 is 17.5 Å². The van der Waals surface area contributed by atoms with Crippen molar-refractivity contribution in [3.8, 4) is 5.75 Å². The second-order valence-electron chi connectivity index (χ2n) is 4.83. The lowest BCUT2D eigenvalue weighted by Gasteiger charge is -2.14. The molecule has 2 aromatic carbocycles. The van der Waals surface area contributed by atoms with Gasteiger partial charge in [-0.25, -0.2) is 13.2 Å². The lowest BCUT2D eigenvalue weighted by Crippen LogP contribution is -2.06. The largest absolute Gasteiger partial charge is 0.491 e. The SMILES string of the molecule is CC(C)Oc1cc(N)cc(Nc2cc(F)c(F)cc2F)c1. The summed E-state index contributed by atoms with van der Waals surface area (Å²) in [7, 11) is 0. The Labute approximate surface area is 120 Å². The zero-order chi connectivity index (χ0) is 15.6. The van der Waals surface area contributed by atoms with Crippen LogP contribution in [0.3, 0.4) is 0 Å². The summed E-state index contributed by atoms with van der Waals surface area (Å²) in [4.78, 5) is 0. The molecule has 2 aromatic rings. The molecule has 0 spiro atoms. The molecule has 3 nitrogen and oxygen atoms in total. The minimum Gasteiger partial charge on any atom is -0.491 e. The lowest BCUT2D eigenvalue weighted by molar-refractivity contribution is 0.242. The number of nitrogen functional groups attached to an aromatic ring is 1. The molecule has 0 unspecified atom stereocenters. The molecule has 0 atom stereocenters. The highest BCUT2D eigenvalue weighted by Gasteiger charge is 2.11. The molecule has 112 valence electrons. The number of rotatable bonds is 4. The maximum absolute atomic E-state index is 13.6. The molecule has 0 amide bonds. The van der Waals surface area contributed by atoms with Crippen LogP contribution in [-0.4, -0.2) is 6.10 Å². The topological polar surface area (TPSA) is 47.3 Å². The third kappa shape index (κ3) is 3.81. The van der Waals surface area contributed by atoms with Crippen molar-refractivity contribution in [2.24, 2.45) is 0 Å². The number of anilines is 3. The number of hydrogen-bond donors (Lipinski definition) is 2. The summed E-state index contributed by atoms with van der Waals surface area (Å²) < 4.78 is 45.1.